The molecule has 1 saturated carbocycles. The molecule has 26 heavy (non-hydrogen) atoms. The molecule has 2 aromatic rings. The van der Waals surface area contributed by atoms with E-state index in [-0.39, 0.29) is 23.7 Å². The van der Waals surface area contributed by atoms with E-state index in [9.17, 15) is 9.59 Å². The lowest BCUT2D eigenvalue weighted by Crippen LogP contribution is -2.16. The molecule has 1 aliphatic carbocycles. The second-order valence-electron chi connectivity index (χ2n) is 6.62. The number of nitrogens with one attached hydrogen (secondary N) is 2. The number of methoxy groups -OCH3 is 1. The number of hydrogen-bond acceptors (Lipinski definition) is 3. The normalized spacial score (nSPS) is 18.1. The molecule has 0 heterocycles. The average molecular weight is 352 g/mol. The standard InChI is InChI=1S/C21H24N2O3/c1-4-14-5-8-16(22-13(2)24)11-20(14)23-21(25)19-12-18(19)15-6-9-17(26-3)10-7-15/h5-11,18-19H,4,12H2,1-3H3,(H,22,24)(H,23,25). The van der Waals surface area contributed by atoms with Crippen LogP contribution >= 0.6 is 0 Å². The third-order valence-corrected chi connectivity index (χ3v) is 4.74. The first-order valence-electron chi connectivity index (χ1n) is 8.87. The Balaban J connectivity index is 1.69. The first-order valence-corrected chi connectivity index (χ1v) is 8.87. The summed E-state index contributed by atoms with van der Waals surface area (Å²) in [4.78, 5) is 23.9. The Labute approximate surface area is 153 Å². The summed E-state index contributed by atoms with van der Waals surface area (Å²) in [6.45, 7) is 3.51. The highest BCUT2D eigenvalue weighted by molar-refractivity contribution is 5.97. The Morgan fingerprint density at radius 3 is 2.46 bits per heavy atom. The van der Waals surface area contributed by atoms with E-state index in [2.05, 4.69) is 10.6 Å². The van der Waals surface area contributed by atoms with Crippen LogP contribution in [0.2, 0.25) is 0 Å². The third-order valence-electron chi connectivity index (χ3n) is 4.74. The first kappa shape index (κ1) is 18.0. The zero-order valence-corrected chi connectivity index (χ0v) is 15.3. The molecule has 0 radical (unpaired) electrons. The number of aryl methyl sites for hydroxylation is 1. The van der Waals surface area contributed by atoms with Crippen LogP contribution in [0.15, 0.2) is 42.5 Å². The SMILES string of the molecule is CCc1ccc(NC(C)=O)cc1NC(=O)C1CC1c1ccc(OC)cc1. The molecule has 2 N–H and O–H groups in total. The lowest BCUT2D eigenvalue weighted by molar-refractivity contribution is -0.117. The van der Waals surface area contributed by atoms with Crippen LogP contribution in [0.25, 0.3) is 0 Å². The van der Waals surface area contributed by atoms with E-state index in [1.54, 1.807) is 7.11 Å². The van der Waals surface area contributed by atoms with Gasteiger partial charge in [0.2, 0.25) is 11.8 Å². The number of amides is 2. The highest BCUT2D eigenvalue weighted by Gasteiger charge is 2.44. The molecular formula is C21H24N2O3. The Morgan fingerprint density at radius 1 is 1.12 bits per heavy atom. The van der Waals surface area contributed by atoms with E-state index >= 15 is 0 Å². The lowest BCUT2D eigenvalue weighted by atomic mass is 10.1. The minimum atomic E-state index is -0.131. The van der Waals surface area contributed by atoms with E-state index in [1.165, 1.54) is 6.92 Å². The molecule has 2 unspecified atom stereocenters. The highest BCUT2D eigenvalue weighted by atomic mass is 16.5. The average Bonchev–Trinajstić information content (AvgIpc) is 3.42. The fourth-order valence-corrected chi connectivity index (χ4v) is 3.21. The van der Waals surface area contributed by atoms with Crippen LogP contribution in [-0.2, 0) is 16.0 Å². The predicted molar refractivity (Wildman–Crippen MR) is 103 cm³/mol. The van der Waals surface area contributed by atoms with Gasteiger partial charge in [-0.25, -0.2) is 0 Å². The van der Waals surface area contributed by atoms with Crippen LogP contribution < -0.4 is 15.4 Å². The fraction of sp³-hybridized carbons (Fsp3) is 0.333. The molecule has 136 valence electrons. The molecule has 1 aliphatic rings. The fourth-order valence-electron chi connectivity index (χ4n) is 3.21. The van der Waals surface area contributed by atoms with Crippen molar-refractivity contribution in [3.8, 4) is 5.75 Å². The van der Waals surface area contributed by atoms with Crippen molar-refractivity contribution in [2.24, 2.45) is 5.92 Å². The predicted octanol–water partition coefficient (Wildman–Crippen LogP) is 3.96. The molecule has 1 fully saturated rings. The number of anilines is 2. The minimum absolute atomic E-state index is 0.0162. The smallest absolute Gasteiger partial charge is 0.228 e. The van der Waals surface area contributed by atoms with Gasteiger partial charge in [-0.15, -0.1) is 0 Å². The van der Waals surface area contributed by atoms with Gasteiger partial charge in [0.05, 0.1) is 7.11 Å². The number of carbonyl (C=O) groups excluding carboxylic acids is 2. The van der Waals surface area contributed by atoms with Gasteiger partial charge in [-0.2, -0.15) is 0 Å². The number of carbonyl (C=O) groups is 2. The maximum absolute atomic E-state index is 12.7. The summed E-state index contributed by atoms with van der Waals surface area (Å²) in [6, 6.07) is 13.5. The molecule has 0 spiro atoms. The van der Waals surface area contributed by atoms with Gasteiger partial charge in [0.25, 0.3) is 0 Å². The van der Waals surface area contributed by atoms with Crippen molar-refractivity contribution in [1.82, 2.24) is 0 Å². The molecule has 2 aromatic carbocycles. The molecule has 2 amide bonds. The van der Waals surface area contributed by atoms with Gasteiger partial charge < -0.3 is 15.4 Å². The van der Waals surface area contributed by atoms with Crippen molar-refractivity contribution in [3.05, 3.63) is 53.6 Å². The van der Waals surface area contributed by atoms with E-state index in [1.807, 2.05) is 49.4 Å². The van der Waals surface area contributed by atoms with Crippen LogP contribution in [-0.4, -0.2) is 18.9 Å². The molecule has 0 bridgehead atoms. The van der Waals surface area contributed by atoms with Crippen molar-refractivity contribution in [2.45, 2.75) is 32.6 Å². The molecule has 0 aliphatic heterocycles. The largest absolute Gasteiger partial charge is 0.497 e. The number of hydrogen-bond donors (Lipinski definition) is 2. The summed E-state index contributed by atoms with van der Waals surface area (Å²) in [5.74, 6) is 0.952. The van der Waals surface area contributed by atoms with Crippen molar-refractivity contribution < 1.29 is 14.3 Å². The van der Waals surface area contributed by atoms with Crippen LogP contribution in [0.4, 0.5) is 11.4 Å². The maximum atomic E-state index is 12.7. The Bertz CT molecular complexity index is 815. The van der Waals surface area contributed by atoms with E-state index in [4.69, 9.17) is 4.74 Å². The quantitative estimate of drug-likeness (QED) is 0.827. The van der Waals surface area contributed by atoms with Crippen molar-refractivity contribution in [1.29, 1.82) is 0 Å². The van der Waals surface area contributed by atoms with Crippen LogP contribution in [0.3, 0.4) is 0 Å². The van der Waals surface area contributed by atoms with E-state index in [0.717, 1.165) is 35.4 Å². The van der Waals surface area contributed by atoms with Gasteiger partial charge in [0, 0.05) is 24.2 Å². The van der Waals surface area contributed by atoms with Crippen LogP contribution in [0.1, 0.15) is 37.3 Å². The topological polar surface area (TPSA) is 67.4 Å². The van der Waals surface area contributed by atoms with E-state index in [0.29, 0.717) is 5.69 Å². The molecule has 5 nitrogen and oxygen atoms in total. The number of benzene rings is 2. The van der Waals surface area contributed by atoms with Gasteiger partial charge >= 0.3 is 0 Å². The zero-order valence-electron chi connectivity index (χ0n) is 15.3. The molecule has 5 heteroatoms. The van der Waals surface area contributed by atoms with Crippen molar-refractivity contribution in [2.75, 3.05) is 17.7 Å². The lowest BCUT2D eigenvalue weighted by Gasteiger charge is -2.12. The monoisotopic (exact) mass is 352 g/mol. The number of rotatable bonds is 6. The van der Waals surface area contributed by atoms with Gasteiger partial charge in [-0.05, 0) is 54.2 Å². The summed E-state index contributed by atoms with van der Waals surface area (Å²) >= 11 is 0. The summed E-state index contributed by atoms with van der Waals surface area (Å²) in [5.41, 5.74) is 3.67. The molecular weight excluding hydrogens is 328 g/mol. The molecule has 2 atom stereocenters. The second-order valence-corrected chi connectivity index (χ2v) is 6.62. The third kappa shape index (κ3) is 4.04. The molecule has 0 aromatic heterocycles. The van der Waals surface area contributed by atoms with Gasteiger partial charge in [0.1, 0.15) is 5.75 Å². The Hall–Kier alpha value is -2.82. The van der Waals surface area contributed by atoms with Crippen LogP contribution in [0.5, 0.6) is 5.75 Å². The van der Waals surface area contributed by atoms with Gasteiger partial charge in [-0.1, -0.05) is 25.1 Å². The molecule has 3 rings (SSSR count). The first-order chi connectivity index (χ1) is 12.5. The maximum Gasteiger partial charge on any atom is 0.228 e. The Kier molecular flexibility index (Phi) is 5.26. The molecule has 0 saturated heterocycles. The van der Waals surface area contributed by atoms with Gasteiger partial charge in [-0.3, -0.25) is 9.59 Å². The highest BCUT2D eigenvalue weighted by Crippen LogP contribution is 2.48. The van der Waals surface area contributed by atoms with Gasteiger partial charge in [0.15, 0.2) is 0 Å². The summed E-state index contributed by atoms with van der Waals surface area (Å²) < 4.78 is 5.18. The van der Waals surface area contributed by atoms with E-state index < -0.39 is 0 Å². The summed E-state index contributed by atoms with van der Waals surface area (Å²) in [7, 11) is 1.64. The zero-order chi connectivity index (χ0) is 18.7. The number of ether oxygens (including phenoxy) is 1. The Morgan fingerprint density at radius 2 is 1.85 bits per heavy atom. The minimum Gasteiger partial charge on any atom is -0.497 e. The second kappa shape index (κ2) is 7.60. The summed E-state index contributed by atoms with van der Waals surface area (Å²) in [6.07, 6.45) is 1.66. The van der Waals surface area contributed by atoms with Crippen LogP contribution in [0, 0.1) is 5.92 Å². The van der Waals surface area contributed by atoms with Crippen molar-refractivity contribution in [3.63, 3.8) is 0 Å². The summed E-state index contributed by atoms with van der Waals surface area (Å²) in [5, 5.41) is 5.80. The van der Waals surface area contributed by atoms with Crippen molar-refractivity contribution >= 4 is 23.2 Å².